The summed E-state index contributed by atoms with van der Waals surface area (Å²) in [5.41, 5.74) is 0.331. The quantitative estimate of drug-likeness (QED) is 0.939. The van der Waals surface area contributed by atoms with Gasteiger partial charge in [-0.2, -0.15) is 0 Å². The maximum atomic E-state index is 10.6. The van der Waals surface area contributed by atoms with Gasteiger partial charge in [0.15, 0.2) is 0 Å². The largest absolute Gasteiger partial charge is 0.382 e. The van der Waals surface area contributed by atoms with E-state index in [0.717, 1.165) is 17.1 Å². The van der Waals surface area contributed by atoms with Gasteiger partial charge in [0, 0.05) is 24.2 Å². The SMILES string of the molecule is CC(C)c1cnc(CN2CC(O)(c3ccccc3)C2)s1. The molecule has 20 heavy (non-hydrogen) atoms. The highest BCUT2D eigenvalue weighted by atomic mass is 32.1. The highest BCUT2D eigenvalue weighted by molar-refractivity contribution is 7.11. The van der Waals surface area contributed by atoms with E-state index < -0.39 is 5.60 Å². The second kappa shape index (κ2) is 5.28. The first kappa shape index (κ1) is 13.7. The summed E-state index contributed by atoms with van der Waals surface area (Å²) in [6.07, 6.45) is 1.98. The van der Waals surface area contributed by atoms with Crippen LogP contribution in [0.25, 0.3) is 0 Å². The molecule has 0 unspecified atom stereocenters. The molecule has 0 radical (unpaired) electrons. The van der Waals surface area contributed by atoms with Crippen molar-refractivity contribution in [2.75, 3.05) is 13.1 Å². The van der Waals surface area contributed by atoms with Crippen molar-refractivity contribution in [3.05, 3.63) is 52.0 Å². The zero-order valence-corrected chi connectivity index (χ0v) is 12.7. The van der Waals surface area contributed by atoms with Crippen LogP contribution < -0.4 is 0 Å². The Hall–Kier alpha value is -1.23. The molecule has 3 nitrogen and oxygen atoms in total. The number of thiazole rings is 1. The zero-order chi connectivity index (χ0) is 14.2. The second-order valence-electron chi connectivity index (χ2n) is 5.85. The third-order valence-electron chi connectivity index (χ3n) is 3.78. The molecule has 1 N–H and O–H groups in total. The van der Waals surface area contributed by atoms with Gasteiger partial charge < -0.3 is 5.11 Å². The van der Waals surface area contributed by atoms with E-state index in [0.29, 0.717) is 19.0 Å². The smallest absolute Gasteiger partial charge is 0.115 e. The molecular weight excluding hydrogens is 268 g/mol. The molecule has 0 spiro atoms. The van der Waals surface area contributed by atoms with Gasteiger partial charge in [0.25, 0.3) is 0 Å². The summed E-state index contributed by atoms with van der Waals surface area (Å²) in [4.78, 5) is 8.05. The van der Waals surface area contributed by atoms with Crippen molar-refractivity contribution in [3.63, 3.8) is 0 Å². The summed E-state index contributed by atoms with van der Waals surface area (Å²) < 4.78 is 0. The first-order valence-corrected chi connectivity index (χ1v) is 7.83. The van der Waals surface area contributed by atoms with Crippen LogP contribution in [0, 0.1) is 0 Å². The second-order valence-corrected chi connectivity index (χ2v) is 7.00. The molecule has 0 aliphatic carbocycles. The topological polar surface area (TPSA) is 36.4 Å². The van der Waals surface area contributed by atoms with E-state index >= 15 is 0 Å². The molecular formula is C16H20N2OS. The highest BCUT2D eigenvalue weighted by Gasteiger charge is 2.42. The average Bonchev–Trinajstić information content (AvgIpc) is 2.86. The van der Waals surface area contributed by atoms with Crippen LogP contribution in [0.1, 0.15) is 35.2 Å². The predicted octanol–water partition coefficient (Wildman–Crippen LogP) is 2.97. The molecule has 0 saturated carbocycles. The van der Waals surface area contributed by atoms with Gasteiger partial charge in [0.05, 0.1) is 6.54 Å². The molecule has 1 saturated heterocycles. The molecule has 1 fully saturated rings. The van der Waals surface area contributed by atoms with Crippen molar-refractivity contribution in [1.29, 1.82) is 0 Å². The molecule has 0 amide bonds. The van der Waals surface area contributed by atoms with Gasteiger partial charge in [-0.15, -0.1) is 11.3 Å². The third-order valence-corrected chi connectivity index (χ3v) is 5.06. The Balaban J connectivity index is 1.60. The maximum absolute atomic E-state index is 10.6. The minimum atomic E-state index is -0.681. The van der Waals surface area contributed by atoms with Crippen molar-refractivity contribution in [3.8, 4) is 0 Å². The van der Waals surface area contributed by atoms with E-state index in [4.69, 9.17) is 0 Å². The number of nitrogens with zero attached hydrogens (tertiary/aromatic N) is 2. The summed E-state index contributed by atoms with van der Waals surface area (Å²) in [5, 5.41) is 11.7. The fourth-order valence-corrected chi connectivity index (χ4v) is 3.56. The molecule has 3 rings (SSSR count). The number of β-amino-alcohol motifs (C(OH)–C–C–N with tert-alkyl or cyclic N) is 1. The fourth-order valence-electron chi connectivity index (χ4n) is 2.59. The number of aromatic nitrogens is 1. The van der Waals surface area contributed by atoms with Crippen LogP contribution in [-0.2, 0) is 12.1 Å². The van der Waals surface area contributed by atoms with Crippen molar-refractivity contribution in [1.82, 2.24) is 9.88 Å². The van der Waals surface area contributed by atoms with Crippen molar-refractivity contribution < 1.29 is 5.11 Å². The van der Waals surface area contributed by atoms with Gasteiger partial charge >= 0.3 is 0 Å². The van der Waals surface area contributed by atoms with Gasteiger partial charge in [0.2, 0.25) is 0 Å². The number of hydrogen-bond donors (Lipinski definition) is 1. The van der Waals surface area contributed by atoms with Crippen LogP contribution in [0.3, 0.4) is 0 Å². The van der Waals surface area contributed by atoms with Gasteiger partial charge in [-0.25, -0.2) is 4.98 Å². The van der Waals surface area contributed by atoms with E-state index in [2.05, 4.69) is 23.7 Å². The Morgan fingerprint density at radius 3 is 2.60 bits per heavy atom. The normalized spacial score (nSPS) is 18.2. The molecule has 1 aliphatic heterocycles. The Labute approximate surface area is 123 Å². The molecule has 1 aromatic heterocycles. The number of benzene rings is 1. The van der Waals surface area contributed by atoms with E-state index in [1.54, 1.807) is 11.3 Å². The molecule has 2 heterocycles. The van der Waals surface area contributed by atoms with Crippen LogP contribution in [0.5, 0.6) is 0 Å². The summed E-state index contributed by atoms with van der Waals surface area (Å²) in [6.45, 7) is 6.60. The minimum absolute atomic E-state index is 0.541. The summed E-state index contributed by atoms with van der Waals surface area (Å²) >= 11 is 1.78. The van der Waals surface area contributed by atoms with Crippen LogP contribution in [0.15, 0.2) is 36.5 Å². The fraction of sp³-hybridized carbons (Fsp3) is 0.438. The van der Waals surface area contributed by atoms with E-state index in [9.17, 15) is 5.11 Å². The predicted molar refractivity (Wildman–Crippen MR) is 81.8 cm³/mol. The molecule has 2 aromatic rings. The Morgan fingerprint density at radius 1 is 1.30 bits per heavy atom. The van der Waals surface area contributed by atoms with E-state index in [1.165, 1.54) is 4.88 Å². The molecule has 4 heteroatoms. The lowest BCUT2D eigenvalue weighted by Gasteiger charge is -2.46. The molecule has 0 bridgehead atoms. The summed E-state index contributed by atoms with van der Waals surface area (Å²) in [6, 6.07) is 9.93. The van der Waals surface area contributed by atoms with Gasteiger partial charge in [-0.1, -0.05) is 44.2 Å². The van der Waals surface area contributed by atoms with Crippen molar-refractivity contribution in [2.24, 2.45) is 0 Å². The standard InChI is InChI=1S/C16H20N2OS/c1-12(2)14-8-17-15(20-14)9-18-10-16(19,11-18)13-6-4-3-5-7-13/h3-8,12,19H,9-11H2,1-2H3. The number of likely N-dealkylation sites (tertiary alicyclic amines) is 1. The van der Waals surface area contributed by atoms with Gasteiger partial charge in [-0.05, 0) is 11.5 Å². The molecule has 1 aromatic carbocycles. The van der Waals surface area contributed by atoms with Gasteiger partial charge in [-0.3, -0.25) is 4.90 Å². The molecule has 1 aliphatic rings. The van der Waals surface area contributed by atoms with Crippen LogP contribution in [0.2, 0.25) is 0 Å². The monoisotopic (exact) mass is 288 g/mol. The maximum Gasteiger partial charge on any atom is 0.115 e. The van der Waals surface area contributed by atoms with Crippen LogP contribution in [-0.4, -0.2) is 28.1 Å². The number of rotatable bonds is 4. The zero-order valence-electron chi connectivity index (χ0n) is 11.9. The van der Waals surface area contributed by atoms with Gasteiger partial charge in [0.1, 0.15) is 10.6 Å². The lowest BCUT2D eigenvalue weighted by atomic mass is 9.86. The van der Waals surface area contributed by atoms with E-state index in [1.807, 2.05) is 36.5 Å². The van der Waals surface area contributed by atoms with Crippen LogP contribution >= 0.6 is 11.3 Å². The molecule has 106 valence electrons. The van der Waals surface area contributed by atoms with E-state index in [-0.39, 0.29) is 0 Å². The van der Waals surface area contributed by atoms with Crippen molar-refractivity contribution in [2.45, 2.75) is 31.9 Å². The Morgan fingerprint density at radius 2 is 2.00 bits per heavy atom. The van der Waals surface area contributed by atoms with Crippen LogP contribution in [0.4, 0.5) is 0 Å². The summed E-state index contributed by atoms with van der Waals surface area (Å²) in [7, 11) is 0. The number of aliphatic hydroxyl groups is 1. The van der Waals surface area contributed by atoms with Crippen molar-refractivity contribution >= 4 is 11.3 Å². The first-order chi connectivity index (χ1) is 9.57. The molecule has 0 atom stereocenters. The average molecular weight is 288 g/mol. The summed E-state index contributed by atoms with van der Waals surface area (Å²) in [5.74, 6) is 0.541. The Bertz CT molecular complexity index is 573. The lowest BCUT2D eigenvalue weighted by Crippen LogP contribution is -2.58. The Kier molecular flexibility index (Phi) is 3.63. The highest BCUT2D eigenvalue weighted by Crippen LogP contribution is 2.33. The first-order valence-electron chi connectivity index (χ1n) is 7.02. The number of hydrogen-bond acceptors (Lipinski definition) is 4. The minimum Gasteiger partial charge on any atom is -0.382 e. The lowest BCUT2D eigenvalue weighted by molar-refractivity contribution is -0.107. The third kappa shape index (κ3) is 2.64.